The van der Waals surface area contributed by atoms with Crippen LogP contribution in [0.5, 0.6) is 0 Å². The number of aromatic nitrogens is 2. The number of benzene rings is 2. The lowest BCUT2D eigenvalue weighted by Crippen LogP contribution is -2.18. The second kappa shape index (κ2) is 7.82. The first-order chi connectivity index (χ1) is 14.0. The van der Waals surface area contributed by atoms with E-state index in [0.29, 0.717) is 0 Å². The lowest BCUT2D eigenvalue weighted by molar-refractivity contribution is -0.141. The van der Waals surface area contributed by atoms with Crippen LogP contribution in [-0.4, -0.2) is 24.1 Å². The van der Waals surface area contributed by atoms with Gasteiger partial charge in [0.2, 0.25) is 0 Å². The number of alkyl halides is 3. The zero-order valence-electron chi connectivity index (χ0n) is 15.9. The molecule has 11 heteroatoms. The normalized spacial score (nSPS) is 11.9. The number of carbonyl (C=O) groups excluding carboxylic acids is 1. The molecule has 3 rings (SSSR count). The maximum absolute atomic E-state index is 13.0. The number of carbonyl (C=O) groups is 1. The van der Waals surface area contributed by atoms with Crippen LogP contribution in [0.3, 0.4) is 0 Å². The third-order valence-corrected chi connectivity index (χ3v) is 5.47. The van der Waals surface area contributed by atoms with E-state index in [2.05, 4.69) is 15.1 Å². The minimum absolute atomic E-state index is 0.0849. The first kappa shape index (κ1) is 21.4. The van der Waals surface area contributed by atoms with Crippen LogP contribution >= 0.6 is 0 Å². The van der Waals surface area contributed by atoms with E-state index in [4.69, 9.17) is 0 Å². The molecule has 1 heterocycles. The largest absolute Gasteiger partial charge is 0.435 e. The molecule has 2 N–H and O–H groups in total. The van der Waals surface area contributed by atoms with Crippen molar-refractivity contribution in [2.75, 3.05) is 10.0 Å². The highest BCUT2D eigenvalue weighted by Crippen LogP contribution is 2.31. The smallest absolute Gasteiger partial charge is 0.322 e. The maximum atomic E-state index is 13.0. The van der Waals surface area contributed by atoms with E-state index in [1.807, 2.05) is 6.92 Å². The minimum Gasteiger partial charge on any atom is -0.322 e. The van der Waals surface area contributed by atoms with Crippen molar-refractivity contribution in [3.05, 3.63) is 71.5 Å². The van der Waals surface area contributed by atoms with E-state index < -0.39 is 33.4 Å². The van der Waals surface area contributed by atoms with Crippen molar-refractivity contribution >= 4 is 27.3 Å². The molecule has 0 atom stereocenters. The molecule has 0 aliphatic heterocycles. The summed E-state index contributed by atoms with van der Waals surface area (Å²) in [5, 5.41) is 5.63. The zero-order chi connectivity index (χ0) is 22.1. The third-order valence-electron chi connectivity index (χ3n) is 4.07. The lowest BCUT2D eigenvalue weighted by Gasteiger charge is -2.10. The Hall–Kier alpha value is -3.34. The Balaban J connectivity index is 1.74. The molecule has 0 radical (unpaired) electrons. The van der Waals surface area contributed by atoms with Crippen molar-refractivity contribution in [2.45, 2.75) is 18.0 Å². The summed E-state index contributed by atoms with van der Waals surface area (Å²) >= 11 is 0. The van der Waals surface area contributed by atoms with E-state index in [1.165, 1.54) is 43.4 Å². The molecule has 0 aliphatic carbocycles. The Labute approximate surface area is 170 Å². The quantitative estimate of drug-likeness (QED) is 0.634. The fourth-order valence-electron chi connectivity index (χ4n) is 2.62. The molecule has 30 heavy (non-hydrogen) atoms. The van der Waals surface area contributed by atoms with Gasteiger partial charge in [-0.15, -0.1) is 0 Å². The predicted octanol–water partition coefficient (Wildman–Crippen LogP) is 3.80. The van der Waals surface area contributed by atoms with E-state index in [1.54, 1.807) is 12.1 Å². The van der Waals surface area contributed by atoms with Crippen LogP contribution < -0.4 is 10.0 Å². The second-order valence-electron chi connectivity index (χ2n) is 6.51. The van der Waals surface area contributed by atoms with Gasteiger partial charge in [0.25, 0.3) is 15.9 Å². The molecule has 0 saturated carbocycles. The standard InChI is InChI=1S/C19H17F3N4O3S/c1-12-3-9-15(10-4-12)30(28,29)25-14-7-5-13(6-8-14)23-18(27)16-11-26(2)24-17(16)19(20,21)22/h3-11,25H,1-2H3,(H,23,27). The molecule has 0 aliphatic rings. The fourth-order valence-corrected chi connectivity index (χ4v) is 3.67. The van der Waals surface area contributed by atoms with Crippen LogP contribution in [0.2, 0.25) is 0 Å². The highest BCUT2D eigenvalue weighted by molar-refractivity contribution is 7.92. The first-order valence-corrected chi connectivity index (χ1v) is 10.1. The summed E-state index contributed by atoms with van der Waals surface area (Å²) in [6, 6.07) is 11.8. The van der Waals surface area contributed by atoms with Crippen LogP contribution in [0.4, 0.5) is 24.5 Å². The topological polar surface area (TPSA) is 93.1 Å². The SMILES string of the molecule is Cc1ccc(S(=O)(=O)Nc2ccc(NC(=O)c3cn(C)nc3C(F)(F)F)cc2)cc1. The summed E-state index contributed by atoms with van der Waals surface area (Å²) in [4.78, 5) is 12.3. The molecule has 2 aromatic carbocycles. The van der Waals surface area contributed by atoms with E-state index >= 15 is 0 Å². The highest BCUT2D eigenvalue weighted by Gasteiger charge is 2.39. The zero-order valence-corrected chi connectivity index (χ0v) is 16.7. The van der Waals surface area contributed by atoms with Gasteiger partial charge in [0.1, 0.15) is 0 Å². The maximum Gasteiger partial charge on any atom is 0.435 e. The molecule has 0 fully saturated rings. The van der Waals surface area contributed by atoms with Crippen LogP contribution in [0.1, 0.15) is 21.6 Å². The first-order valence-electron chi connectivity index (χ1n) is 8.57. The number of hydrogen-bond donors (Lipinski definition) is 2. The molecule has 158 valence electrons. The third kappa shape index (κ3) is 4.79. The van der Waals surface area contributed by atoms with Crippen molar-refractivity contribution in [1.29, 1.82) is 0 Å². The van der Waals surface area contributed by atoms with Crippen LogP contribution in [0, 0.1) is 6.92 Å². The summed E-state index contributed by atoms with van der Waals surface area (Å²) in [6.45, 7) is 1.83. The Kier molecular flexibility index (Phi) is 5.57. The van der Waals surface area contributed by atoms with Crippen LogP contribution in [0.15, 0.2) is 59.6 Å². The van der Waals surface area contributed by atoms with Crippen molar-refractivity contribution < 1.29 is 26.4 Å². The molecule has 7 nitrogen and oxygen atoms in total. The number of halogens is 3. The number of sulfonamides is 1. The summed E-state index contributed by atoms with van der Waals surface area (Å²) in [7, 11) is -2.52. The van der Waals surface area contributed by atoms with Crippen LogP contribution in [-0.2, 0) is 23.2 Å². The molecule has 0 unspecified atom stereocenters. The average molecular weight is 438 g/mol. The number of amides is 1. The number of hydrogen-bond acceptors (Lipinski definition) is 4. The van der Waals surface area contributed by atoms with Gasteiger partial charge in [0.05, 0.1) is 10.5 Å². The Morgan fingerprint density at radius 3 is 2.13 bits per heavy atom. The minimum atomic E-state index is -4.77. The fraction of sp³-hybridized carbons (Fsp3) is 0.158. The van der Waals surface area contributed by atoms with Gasteiger partial charge in [-0.2, -0.15) is 18.3 Å². The predicted molar refractivity (Wildman–Crippen MR) is 105 cm³/mol. The molecule has 1 amide bonds. The van der Waals surface area contributed by atoms with Gasteiger partial charge in [0.15, 0.2) is 5.69 Å². The number of anilines is 2. The Morgan fingerprint density at radius 2 is 1.57 bits per heavy atom. The molecule has 0 spiro atoms. The summed E-state index contributed by atoms with van der Waals surface area (Å²) < 4.78 is 67.1. The number of nitrogens with one attached hydrogen (secondary N) is 2. The van der Waals surface area contributed by atoms with Gasteiger partial charge in [0, 0.05) is 24.6 Å². The molecule has 1 aromatic heterocycles. The number of nitrogens with zero attached hydrogens (tertiary/aromatic N) is 2. The van der Waals surface area contributed by atoms with Crippen molar-refractivity contribution in [2.24, 2.45) is 7.05 Å². The summed E-state index contributed by atoms with van der Waals surface area (Å²) in [5.41, 5.74) is -0.573. The second-order valence-corrected chi connectivity index (χ2v) is 8.20. The van der Waals surface area contributed by atoms with E-state index in [-0.39, 0.29) is 16.3 Å². The Bertz CT molecular complexity index is 1170. The van der Waals surface area contributed by atoms with Gasteiger partial charge in [-0.25, -0.2) is 8.42 Å². The van der Waals surface area contributed by atoms with Crippen molar-refractivity contribution in [3.8, 4) is 0 Å². The van der Waals surface area contributed by atoms with E-state index in [0.717, 1.165) is 16.4 Å². The summed E-state index contributed by atoms with van der Waals surface area (Å²) in [6.07, 6.45) is -3.80. The molecule has 0 saturated heterocycles. The number of aryl methyl sites for hydroxylation is 2. The van der Waals surface area contributed by atoms with Gasteiger partial charge < -0.3 is 5.32 Å². The van der Waals surface area contributed by atoms with E-state index in [9.17, 15) is 26.4 Å². The molecule has 0 bridgehead atoms. The van der Waals surface area contributed by atoms with Gasteiger partial charge in [-0.3, -0.25) is 14.2 Å². The van der Waals surface area contributed by atoms with Crippen molar-refractivity contribution in [3.63, 3.8) is 0 Å². The average Bonchev–Trinajstić information content (AvgIpc) is 3.06. The van der Waals surface area contributed by atoms with Gasteiger partial charge in [-0.1, -0.05) is 17.7 Å². The van der Waals surface area contributed by atoms with Crippen molar-refractivity contribution in [1.82, 2.24) is 9.78 Å². The van der Waals surface area contributed by atoms with Crippen LogP contribution in [0.25, 0.3) is 0 Å². The van der Waals surface area contributed by atoms with Gasteiger partial charge >= 0.3 is 6.18 Å². The lowest BCUT2D eigenvalue weighted by atomic mass is 10.2. The molecular weight excluding hydrogens is 421 g/mol. The monoisotopic (exact) mass is 438 g/mol. The van der Waals surface area contributed by atoms with Gasteiger partial charge in [-0.05, 0) is 43.3 Å². The number of rotatable bonds is 5. The molecule has 3 aromatic rings. The molecular formula is C19H17F3N4O3S. The Morgan fingerprint density at radius 1 is 1.00 bits per heavy atom. The summed E-state index contributed by atoms with van der Waals surface area (Å²) in [5.74, 6) is -0.983. The highest BCUT2D eigenvalue weighted by atomic mass is 32.2.